The molecule has 0 aliphatic heterocycles. The SMILES string of the molecule is O=C(N/N=C\c1cc(-c2ccccc2)n(-c2ccccc2)c1-c1ccccc1)c1cc2ccccc2o1. The lowest BCUT2D eigenvalue weighted by molar-refractivity contribution is 0.0929. The summed E-state index contributed by atoms with van der Waals surface area (Å²) >= 11 is 0. The van der Waals surface area contributed by atoms with Gasteiger partial charge in [-0.15, -0.1) is 0 Å². The Bertz CT molecular complexity index is 1670. The first kappa shape index (κ1) is 22.3. The second-order valence-electron chi connectivity index (χ2n) is 8.58. The number of hydrogen-bond donors (Lipinski definition) is 1. The van der Waals surface area contributed by atoms with Crippen LogP contribution >= 0.6 is 0 Å². The van der Waals surface area contributed by atoms with Crippen molar-refractivity contribution in [2.45, 2.75) is 0 Å². The molecule has 5 heteroatoms. The van der Waals surface area contributed by atoms with Crippen molar-refractivity contribution < 1.29 is 9.21 Å². The maximum Gasteiger partial charge on any atom is 0.307 e. The highest BCUT2D eigenvalue weighted by atomic mass is 16.3. The van der Waals surface area contributed by atoms with E-state index in [1.165, 1.54) is 0 Å². The third-order valence-corrected chi connectivity index (χ3v) is 6.18. The van der Waals surface area contributed by atoms with E-state index in [9.17, 15) is 4.79 Å². The summed E-state index contributed by atoms with van der Waals surface area (Å²) < 4.78 is 7.90. The summed E-state index contributed by atoms with van der Waals surface area (Å²) in [6.45, 7) is 0. The van der Waals surface area contributed by atoms with Gasteiger partial charge in [0.1, 0.15) is 5.58 Å². The lowest BCUT2D eigenvalue weighted by atomic mass is 10.1. The Morgan fingerprint density at radius 1 is 0.730 bits per heavy atom. The van der Waals surface area contributed by atoms with Gasteiger partial charge in [-0.3, -0.25) is 4.79 Å². The Kier molecular flexibility index (Phi) is 5.93. The van der Waals surface area contributed by atoms with Crippen LogP contribution in [0.5, 0.6) is 0 Å². The molecule has 0 bridgehead atoms. The molecule has 0 atom stereocenters. The molecule has 4 aromatic carbocycles. The molecular formula is C32H23N3O2. The molecule has 0 radical (unpaired) electrons. The molecule has 0 saturated heterocycles. The highest BCUT2D eigenvalue weighted by molar-refractivity contribution is 5.98. The summed E-state index contributed by atoms with van der Waals surface area (Å²) in [6, 6.07) is 42.0. The zero-order valence-corrected chi connectivity index (χ0v) is 19.9. The van der Waals surface area contributed by atoms with Gasteiger partial charge >= 0.3 is 5.91 Å². The maximum atomic E-state index is 12.8. The third kappa shape index (κ3) is 4.46. The fourth-order valence-corrected chi connectivity index (χ4v) is 4.50. The molecule has 0 aliphatic carbocycles. The van der Waals surface area contributed by atoms with Crippen molar-refractivity contribution in [1.82, 2.24) is 9.99 Å². The number of hydrazone groups is 1. The molecule has 0 spiro atoms. The molecule has 2 heterocycles. The fraction of sp³-hybridized carbons (Fsp3) is 0. The Hall–Kier alpha value is -5.16. The zero-order valence-electron chi connectivity index (χ0n) is 19.9. The average molecular weight is 482 g/mol. The van der Waals surface area contributed by atoms with Crippen LogP contribution in [0, 0.1) is 0 Å². The van der Waals surface area contributed by atoms with Crippen LogP contribution in [0.4, 0.5) is 0 Å². The van der Waals surface area contributed by atoms with Crippen molar-refractivity contribution in [2.24, 2.45) is 5.10 Å². The number of nitrogens with zero attached hydrogens (tertiary/aromatic N) is 2. The monoisotopic (exact) mass is 481 g/mol. The van der Waals surface area contributed by atoms with Gasteiger partial charge in [-0.2, -0.15) is 5.10 Å². The van der Waals surface area contributed by atoms with Crippen molar-refractivity contribution in [2.75, 3.05) is 0 Å². The Morgan fingerprint density at radius 3 is 2.05 bits per heavy atom. The van der Waals surface area contributed by atoms with E-state index in [4.69, 9.17) is 4.42 Å². The van der Waals surface area contributed by atoms with Crippen LogP contribution in [0.1, 0.15) is 16.1 Å². The largest absolute Gasteiger partial charge is 0.451 e. The standard InChI is InChI=1S/C32H23N3O2/c36-32(30-21-25-16-10-11-19-29(25)37-30)34-33-22-26-20-28(23-12-4-1-5-13-23)35(27-17-8-3-9-18-27)31(26)24-14-6-2-7-15-24/h1-22H,(H,34,36)/b33-22-. The van der Waals surface area contributed by atoms with E-state index in [2.05, 4.69) is 57.6 Å². The normalized spacial score (nSPS) is 11.2. The number of hydrogen-bond acceptors (Lipinski definition) is 3. The molecule has 178 valence electrons. The molecule has 0 unspecified atom stereocenters. The van der Waals surface area contributed by atoms with Crippen LogP contribution in [-0.2, 0) is 0 Å². The summed E-state index contributed by atoms with van der Waals surface area (Å²) in [5, 5.41) is 5.19. The van der Waals surface area contributed by atoms with Crippen molar-refractivity contribution >= 4 is 23.1 Å². The van der Waals surface area contributed by atoms with Gasteiger partial charge in [0.25, 0.3) is 0 Å². The number of amides is 1. The molecule has 0 aliphatic rings. The number of furan rings is 1. The van der Waals surface area contributed by atoms with Crippen LogP contribution < -0.4 is 5.43 Å². The number of benzene rings is 4. The lowest BCUT2D eigenvalue weighted by Gasteiger charge is -2.15. The van der Waals surface area contributed by atoms with Gasteiger partial charge in [-0.05, 0) is 41.5 Å². The summed E-state index contributed by atoms with van der Waals surface area (Å²) in [4.78, 5) is 12.8. The van der Waals surface area contributed by atoms with Gasteiger partial charge in [0.2, 0.25) is 0 Å². The molecule has 2 aromatic heterocycles. The number of para-hydroxylation sites is 2. The van der Waals surface area contributed by atoms with Gasteiger partial charge in [-0.1, -0.05) is 97.1 Å². The van der Waals surface area contributed by atoms with Crippen LogP contribution in [0.2, 0.25) is 0 Å². The van der Waals surface area contributed by atoms with Crippen molar-refractivity contribution in [3.05, 3.63) is 139 Å². The molecule has 37 heavy (non-hydrogen) atoms. The van der Waals surface area contributed by atoms with E-state index in [0.29, 0.717) is 5.58 Å². The zero-order chi connectivity index (χ0) is 25.0. The number of aromatic nitrogens is 1. The number of carbonyl (C=O) groups is 1. The van der Waals surface area contributed by atoms with Gasteiger partial charge in [0.15, 0.2) is 5.76 Å². The molecule has 6 rings (SSSR count). The Morgan fingerprint density at radius 2 is 1.35 bits per heavy atom. The number of fused-ring (bicyclic) bond motifs is 1. The molecule has 1 amide bonds. The van der Waals surface area contributed by atoms with Gasteiger partial charge in [0.05, 0.1) is 17.6 Å². The Balaban J connectivity index is 1.43. The van der Waals surface area contributed by atoms with Crippen molar-refractivity contribution in [1.29, 1.82) is 0 Å². The van der Waals surface area contributed by atoms with Crippen LogP contribution in [0.15, 0.2) is 137 Å². The van der Waals surface area contributed by atoms with Crippen LogP contribution in [-0.4, -0.2) is 16.7 Å². The molecule has 0 fully saturated rings. The second-order valence-corrected chi connectivity index (χ2v) is 8.58. The number of rotatable bonds is 6. The molecule has 0 saturated carbocycles. The molecule has 6 aromatic rings. The summed E-state index contributed by atoms with van der Waals surface area (Å²) in [7, 11) is 0. The predicted molar refractivity (Wildman–Crippen MR) is 148 cm³/mol. The van der Waals surface area contributed by atoms with E-state index in [1.54, 1.807) is 12.3 Å². The van der Waals surface area contributed by atoms with Crippen molar-refractivity contribution in [3.63, 3.8) is 0 Å². The minimum absolute atomic E-state index is 0.216. The van der Waals surface area contributed by atoms with Crippen LogP contribution in [0.25, 0.3) is 39.2 Å². The van der Waals surface area contributed by atoms with Gasteiger partial charge < -0.3 is 8.98 Å². The highest BCUT2D eigenvalue weighted by Crippen LogP contribution is 2.35. The van der Waals surface area contributed by atoms with Gasteiger partial charge in [0, 0.05) is 16.6 Å². The molecule has 1 N–H and O–H groups in total. The van der Waals surface area contributed by atoms with Crippen molar-refractivity contribution in [3.8, 4) is 28.2 Å². The Labute approximate surface area is 214 Å². The minimum atomic E-state index is -0.403. The minimum Gasteiger partial charge on any atom is -0.451 e. The predicted octanol–water partition coefficient (Wildman–Crippen LogP) is 7.32. The number of nitrogens with one attached hydrogen (secondary N) is 1. The lowest BCUT2D eigenvalue weighted by Crippen LogP contribution is -2.16. The highest BCUT2D eigenvalue weighted by Gasteiger charge is 2.19. The molecular weight excluding hydrogens is 458 g/mol. The maximum absolute atomic E-state index is 12.8. The third-order valence-electron chi connectivity index (χ3n) is 6.18. The molecule has 5 nitrogen and oxygen atoms in total. The van der Waals surface area contributed by atoms with E-state index in [1.807, 2.05) is 78.9 Å². The topological polar surface area (TPSA) is 59.5 Å². The quantitative estimate of drug-likeness (QED) is 0.200. The van der Waals surface area contributed by atoms with Crippen LogP contribution in [0.3, 0.4) is 0 Å². The second kappa shape index (κ2) is 9.84. The van der Waals surface area contributed by atoms with E-state index in [-0.39, 0.29) is 5.76 Å². The summed E-state index contributed by atoms with van der Waals surface area (Å²) in [5.74, 6) is -0.187. The fourth-order valence-electron chi connectivity index (χ4n) is 4.50. The summed E-state index contributed by atoms with van der Waals surface area (Å²) in [6.07, 6.45) is 1.69. The van der Waals surface area contributed by atoms with E-state index < -0.39 is 5.91 Å². The first-order chi connectivity index (χ1) is 18.3. The first-order valence-corrected chi connectivity index (χ1v) is 12.0. The van der Waals surface area contributed by atoms with E-state index >= 15 is 0 Å². The first-order valence-electron chi connectivity index (χ1n) is 12.0. The summed E-state index contributed by atoms with van der Waals surface area (Å²) in [5.41, 5.74) is 9.31. The number of carbonyl (C=O) groups excluding carboxylic acids is 1. The van der Waals surface area contributed by atoms with Gasteiger partial charge in [-0.25, -0.2) is 5.43 Å². The smallest absolute Gasteiger partial charge is 0.307 e. The average Bonchev–Trinajstić information content (AvgIpc) is 3.57. The van der Waals surface area contributed by atoms with E-state index in [0.717, 1.165) is 39.2 Å².